The molecule has 0 aliphatic rings. The fourth-order valence-corrected chi connectivity index (χ4v) is 4.15. The summed E-state index contributed by atoms with van der Waals surface area (Å²) in [5.41, 5.74) is 1.85. The number of fused-ring (bicyclic) bond motifs is 1. The van der Waals surface area contributed by atoms with E-state index in [9.17, 15) is 21.6 Å². The van der Waals surface area contributed by atoms with Crippen LogP contribution in [0.5, 0.6) is 0 Å². The molecule has 3 rings (SSSR count). The fraction of sp³-hybridized carbons (Fsp3) is 0.333. The number of aromatic amines is 1. The number of alkyl halides is 3. The molecule has 0 bridgehead atoms. The minimum Gasteiger partial charge on any atom is -0.475 e. The second kappa shape index (κ2) is 10.6. The first-order valence-electron chi connectivity index (χ1n) is 9.73. The molecule has 3 N–H and O–H groups in total. The van der Waals surface area contributed by atoms with Gasteiger partial charge in [0, 0.05) is 11.4 Å². The van der Waals surface area contributed by atoms with Gasteiger partial charge in [-0.1, -0.05) is 38.1 Å². The van der Waals surface area contributed by atoms with Crippen LogP contribution in [0, 0.1) is 0 Å². The number of nitrogens with one attached hydrogen (secondary N) is 2. The Kier molecular flexibility index (Phi) is 8.39. The van der Waals surface area contributed by atoms with Gasteiger partial charge in [-0.25, -0.2) is 13.2 Å². The number of hydrogen-bond donors (Lipinski definition) is 3. The van der Waals surface area contributed by atoms with E-state index in [2.05, 4.69) is 29.4 Å². The van der Waals surface area contributed by atoms with Crippen molar-refractivity contribution >= 4 is 26.7 Å². The first-order chi connectivity index (χ1) is 14.9. The van der Waals surface area contributed by atoms with Gasteiger partial charge in [-0.15, -0.1) is 0 Å². The van der Waals surface area contributed by atoms with E-state index in [1.165, 1.54) is 0 Å². The number of sulfone groups is 1. The van der Waals surface area contributed by atoms with Gasteiger partial charge in [0.1, 0.15) is 0 Å². The molecule has 0 saturated heterocycles. The maximum absolute atomic E-state index is 12.9. The molecule has 0 radical (unpaired) electrons. The molecule has 0 aliphatic carbocycles. The van der Waals surface area contributed by atoms with Crippen LogP contribution in [-0.2, 0) is 21.1 Å². The van der Waals surface area contributed by atoms with Crippen LogP contribution in [0.2, 0.25) is 0 Å². The number of aromatic nitrogens is 2. The molecule has 174 valence electrons. The lowest BCUT2D eigenvalue weighted by atomic mass is 10.1. The van der Waals surface area contributed by atoms with E-state index < -0.39 is 22.0 Å². The Bertz CT molecular complexity index is 1140. The number of benzene rings is 2. The SMILES string of the molecule is CC(C)NCCCc1ccc2[nH]nc(S(=O)(=O)c3ccccc3)c2c1.O=C(O)C(F)(F)F. The Morgan fingerprint density at radius 1 is 1.16 bits per heavy atom. The van der Waals surface area contributed by atoms with Gasteiger partial charge in [-0.2, -0.15) is 18.3 Å². The lowest BCUT2D eigenvalue weighted by Crippen LogP contribution is -2.23. The Morgan fingerprint density at radius 2 is 1.78 bits per heavy atom. The van der Waals surface area contributed by atoms with E-state index in [4.69, 9.17) is 9.90 Å². The van der Waals surface area contributed by atoms with Gasteiger partial charge >= 0.3 is 12.1 Å². The first-order valence-corrected chi connectivity index (χ1v) is 11.2. The zero-order valence-corrected chi connectivity index (χ0v) is 18.3. The molecule has 7 nitrogen and oxygen atoms in total. The number of halogens is 3. The van der Waals surface area contributed by atoms with Crippen LogP contribution in [0.15, 0.2) is 58.5 Å². The highest BCUT2D eigenvalue weighted by atomic mass is 32.2. The summed E-state index contributed by atoms with van der Waals surface area (Å²) in [7, 11) is -3.63. The summed E-state index contributed by atoms with van der Waals surface area (Å²) in [4.78, 5) is 9.16. The lowest BCUT2D eigenvalue weighted by Gasteiger charge is -2.08. The second-order valence-electron chi connectivity index (χ2n) is 7.24. The van der Waals surface area contributed by atoms with Gasteiger partial charge in [0.15, 0.2) is 5.03 Å². The third kappa shape index (κ3) is 6.79. The summed E-state index contributed by atoms with van der Waals surface area (Å²) < 4.78 is 57.5. The second-order valence-corrected chi connectivity index (χ2v) is 9.11. The third-order valence-electron chi connectivity index (χ3n) is 4.34. The molecule has 11 heteroatoms. The van der Waals surface area contributed by atoms with Gasteiger partial charge in [0.25, 0.3) is 0 Å². The molecule has 0 spiro atoms. The molecule has 0 aliphatic heterocycles. The number of hydrogen-bond acceptors (Lipinski definition) is 5. The normalized spacial score (nSPS) is 11.9. The Hall–Kier alpha value is -2.92. The average molecular weight is 472 g/mol. The molecule has 32 heavy (non-hydrogen) atoms. The van der Waals surface area contributed by atoms with Crippen molar-refractivity contribution in [2.24, 2.45) is 0 Å². The van der Waals surface area contributed by atoms with E-state index in [-0.39, 0.29) is 9.92 Å². The van der Waals surface area contributed by atoms with Crippen LogP contribution in [0.25, 0.3) is 10.9 Å². The topological polar surface area (TPSA) is 112 Å². The van der Waals surface area contributed by atoms with E-state index >= 15 is 0 Å². The number of carbonyl (C=O) groups is 1. The maximum atomic E-state index is 12.9. The van der Waals surface area contributed by atoms with Crippen LogP contribution >= 0.6 is 0 Å². The van der Waals surface area contributed by atoms with E-state index in [1.54, 1.807) is 30.3 Å². The molecule has 0 fully saturated rings. The largest absolute Gasteiger partial charge is 0.490 e. The predicted molar refractivity (Wildman–Crippen MR) is 113 cm³/mol. The van der Waals surface area contributed by atoms with Crippen LogP contribution in [0.3, 0.4) is 0 Å². The van der Waals surface area contributed by atoms with Gasteiger partial charge in [-0.05, 0) is 49.2 Å². The Labute approximate surface area is 183 Å². The van der Waals surface area contributed by atoms with Gasteiger partial charge in [-0.3, -0.25) is 5.10 Å². The summed E-state index contributed by atoms with van der Waals surface area (Å²) >= 11 is 0. The van der Waals surface area contributed by atoms with Crippen LogP contribution < -0.4 is 5.32 Å². The van der Waals surface area contributed by atoms with Crippen molar-refractivity contribution in [1.29, 1.82) is 0 Å². The molecule has 1 aromatic heterocycles. The minimum atomic E-state index is -5.08. The average Bonchev–Trinajstić information content (AvgIpc) is 3.15. The van der Waals surface area contributed by atoms with Crippen molar-refractivity contribution < 1.29 is 31.5 Å². The molecule has 2 aromatic carbocycles. The molecule has 1 heterocycles. The maximum Gasteiger partial charge on any atom is 0.490 e. The summed E-state index contributed by atoms with van der Waals surface area (Å²) in [6.45, 7) is 5.19. The smallest absolute Gasteiger partial charge is 0.475 e. The van der Waals surface area contributed by atoms with Crippen LogP contribution in [0.1, 0.15) is 25.8 Å². The van der Waals surface area contributed by atoms with Crippen molar-refractivity contribution in [3.63, 3.8) is 0 Å². The number of carboxylic acid groups (broad SMARTS) is 1. The molecule has 0 saturated carbocycles. The number of aliphatic carboxylic acids is 1. The molecule has 3 aromatic rings. The molecule has 0 atom stereocenters. The zero-order chi connectivity index (χ0) is 23.9. The third-order valence-corrected chi connectivity index (χ3v) is 6.05. The number of H-pyrrole nitrogens is 1. The Morgan fingerprint density at radius 3 is 2.34 bits per heavy atom. The summed E-state index contributed by atoms with van der Waals surface area (Å²) in [6, 6.07) is 14.7. The molecular weight excluding hydrogens is 447 g/mol. The van der Waals surface area contributed by atoms with Crippen molar-refractivity contribution in [1.82, 2.24) is 15.5 Å². The monoisotopic (exact) mass is 471 g/mol. The fourth-order valence-electron chi connectivity index (χ4n) is 2.79. The van der Waals surface area contributed by atoms with Crippen molar-refractivity contribution in [3.8, 4) is 0 Å². The van der Waals surface area contributed by atoms with Gasteiger partial charge < -0.3 is 10.4 Å². The highest BCUT2D eigenvalue weighted by molar-refractivity contribution is 7.91. The van der Waals surface area contributed by atoms with Crippen molar-refractivity contribution in [2.75, 3.05) is 6.54 Å². The molecular formula is C21H24F3N3O4S. The predicted octanol–water partition coefficient (Wildman–Crippen LogP) is 3.96. The molecule has 0 unspecified atom stereocenters. The minimum absolute atomic E-state index is 0.0934. The quantitative estimate of drug-likeness (QED) is 0.450. The summed E-state index contributed by atoms with van der Waals surface area (Å²) in [6.07, 6.45) is -3.19. The Balaban J connectivity index is 0.000000451. The van der Waals surface area contributed by atoms with Crippen molar-refractivity contribution in [2.45, 2.75) is 48.8 Å². The van der Waals surface area contributed by atoms with Gasteiger partial charge in [0.2, 0.25) is 9.84 Å². The standard InChI is InChI=1S/C19H23N3O2S.C2HF3O2/c1-14(2)20-12-6-7-15-10-11-18-17(13-15)19(22-21-18)25(23,24)16-8-4-3-5-9-16;3-2(4,5)1(6)7/h3-5,8-11,13-14,20H,6-7,12H2,1-2H3,(H,21,22);(H,6,7). The summed E-state index contributed by atoms with van der Waals surface area (Å²) in [5, 5.41) is 18.2. The first kappa shape index (κ1) is 25.3. The van der Waals surface area contributed by atoms with Crippen LogP contribution in [0.4, 0.5) is 13.2 Å². The van der Waals surface area contributed by atoms with E-state index in [0.29, 0.717) is 11.4 Å². The van der Waals surface area contributed by atoms with Crippen LogP contribution in [-0.4, -0.2) is 48.5 Å². The molecule has 0 amide bonds. The number of nitrogens with zero attached hydrogens (tertiary/aromatic N) is 1. The zero-order valence-electron chi connectivity index (χ0n) is 17.5. The van der Waals surface area contributed by atoms with Crippen molar-refractivity contribution in [3.05, 3.63) is 54.1 Å². The number of carboxylic acids is 1. The lowest BCUT2D eigenvalue weighted by molar-refractivity contribution is -0.192. The van der Waals surface area contributed by atoms with E-state index in [1.807, 2.05) is 18.2 Å². The number of aryl methyl sites for hydroxylation is 1. The number of rotatable bonds is 7. The summed E-state index contributed by atoms with van der Waals surface area (Å²) in [5.74, 6) is -2.76. The highest BCUT2D eigenvalue weighted by Crippen LogP contribution is 2.27. The van der Waals surface area contributed by atoms with E-state index in [0.717, 1.165) is 30.5 Å². The highest BCUT2D eigenvalue weighted by Gasteiger charge is 2.38. The van der Waals surface area contributed by atoms with Gasteiger partial charge in [0.05, 0.1) is 10.4 Å².